The molecular weight excluding hydrogens is 252 g/mol. The van der Waals surface area contributed by atoms with Crippen LogP contribution in [0.3, 0.4) is 0 Å². The van der Waals surface area contributed by atoms with Gasteiger partial charge in [-0.05, 0) is 50.7 Å². The van der Waals surface area contributed by atoms with Crippen LogP contribution in [0.1, 0.15) is 48.8 Å². The highest BCUT2D eigenvalue weighted by Crippen LogP contribution is 2.23. The maximum atomic E-state index is 12.4. The van der Waals surface area contributed by atoms with Crippen LogP contribution in [0.15, 0.2) is 18.3 Å². The lowest BCUT2D eigenvalue weighted by Crippen LogP contribution is -2.37. The quantitative estimate of drug-likeness (QED) is 0.913. The molecule has 0 atom stereocenters. The highest BCUT2D eigenvalue weighted by atomic mass is 16.1. The molecule has 2 aromatic heterocycles. The topological polar surface area (TPSA) is 59.3 Å². The van der Waals surface area contributed by atoms with Gasteiger partial charge in [-0.1, -0.05) is 6.92 Å². The van der Waals surface area contributed by atoms with Crippen LogP contribution in [0.4, 0.5) is 0 Å². The number of fused-ring (bicyclic) bond motifs is 1. The molecule has 2 aromatic rings. The fraction of sp³-hybridized carbons (Fsp3) is 0.533. The Morgan fingerprint density at radius 1 is 1.30 bits per heavy atom. The number of aromatic nitrogens is 3. The molecule has 1 aliphatic carbocycles. The number of pyridine rings is 1. The van der Waals surface area contributed by atoms with Crippen LogP contribution in [0.2, 0.25) is 0 Å². The first-order valence-corrected chi connectivity index (χ1v) is 7.26. The minimum Gasteiger partial charge on any atom is -0.349 e. The third-order valence-corrected chi connectivity index (χ3v) is 4.20. The largest absolute Gasteiger partial charge is 0.349 e. The van der Waals surface area contributed by atoms with Crippen LogP contribution in [0.5, 0.6) is 0 Å². The lowest BCUT2D eigenvalue weighted by atomic mass is 9.87. The Bertz CT molecular complexity index is 626. The fourth-order valence-electron chi connectivity index (χ4n) is 2.88. The summed E-state index contributed by atoms with van der Waals surface area (Å²) in [5.74, 6) is 1.54. The number of nitrogens with one attached hydrogen (secondary N) is 1. The Balaban J connectivity index is 1.79. The predicted molar refractivity (Wildman–Crippen MR) is 76.6 cm³/mol. The summed E-state index contributed by atoms with van der Waals surface area (Å²) in [6.07, 6.45) is 6.41. The molecule has 0 bridgehead atoms. The highest BCUT2D eigenvalue weighted by molar-refractivity contribution is 5.99. The Morgan fingerprint density at radius 2 is 2.05 bits per heavy atom. The fourth-order valence-corrected chi connectivity index (χ4v) is 2.88. The van der Waals surface area contributed by atoms with Crippen molar-refractivity contribution in [1.29, 1.82) is 0 Å². The number of nitrogens with zero attached hydrogens (tertiary/aromatic N) is 3. The zero-order chi connectivity index (χ0) is 14.1. The van der Waals surface area contributed by atoms with Crippen molar-refractivity contribution in [2.45, 2.75) is 45.6 Å². The van der Waals surface area contributed by atoms with E-state index >= 15 is 0 Å². The minimum absolute atomic E-state index is 0.0393. The van der Waals surface area contributed by atoms with E-state index < -0.39 is 0 Å². The van der Waals surface area contributed by atoms with E-state index in [1.165, 1.54) is 12.8 Å². The van der Waals surface area contributed by atoms with Crippen LogP contribution in [-0.2, 0) is 0 Å². The number of hydrogen-bond acceptors (Lipinski definition) is 3. The van der Waals surface area contributed by atoms with Gasteiger partial charge >= 0.3 is 0 Å². The van der Waals surface area contributed by atoms with Crippen molar-refractivity contribution in [3.63, 3.8) is 0 Å². The summed E-state index contributed by atoms with van der Waals surface area (Å²) >= 11 is 0. The minimum atomic E-state index is -0.0393. The standard InChI is InChI=1S/C15H20N4O/c1-10-5-7-12(8-6-10)16-15(20)13-4-3-9-19-11(2)17-18-14(13)19/h3-4,9-10,12H,5-8H2,1-2H3,(H,16,20). The third-order valence-electron chi connectivity index (χ3n) is 4.20. The molecule has 1 amide bonds. The van der Waals surface area contributed by atoms with E-state index in [0.29, 0.717) is 17.3 Å². The van der Waals surface area contributed by atoms with Gasteiger partial charge in [-0.15, -0.1) is 10.2 Å². The van der Waals surface area contributed by atoms with Crippen molar-refractivity contribution in [3.8, 4) is 0 Å². The molecule has 1 aliphatic rings. The molecule has 106 valence electrons. The molecular formula is C15H20N4O. The lowest BCUT2D eigenvalue weighted by Gasteiger charge is -2.26. The normalized spacial score (nSPS) is 22.9. The number of aryl methyl sites for hydroxylation is 1. The first kappa shape index (κ1) is 13.1. The highest BCUT2D eigenvalue weighted by Gasteiger charge is 2.21. The summed E-state index contributed by atoms with van der Waals surface area (Å²) in [5, 5.41) is 11.3. The van der Waals surface area contributed by atoms with Gasteiger partial charge in [0, 0.05) is 12.2 Å². The van der Waals surface area contributed by atoms with E-state index in [0.717, 1.165) is 24.6 Å². The molecule has 1 fully saturated rings. The molecule has 0 aliphatic heterocycles. The lowest BCUT2D eigenvalue weighted by molar-refractivity contribution is 0.0924. The van der Waals surface area contributed by atoms with Crippen molar-refractivity contribution in [1.82, 2.24) is 19.9 Å². The average molecular weight is 272 g/mol. The van der Waals surface area contributed by atoms with E-state index in [9.17, 15) is 4.79 Å². The number of rotatable bonds is 2. The van der Waals surface area contributed by atoms with Crippen LogP contribution >= 0.6 is 0 Å². The van der Waals surface area contributed by atoms with Gasteiger partial charge in [0.15, 0.2) is 5.65 Å². The SMILES string of the molecule is Cc1nnc2c(C(=O)NC3CCC(C)CC3)cccn12. The van der Waals surface area contributed by atoms with Crippen molar-refractivity contribution in [3.05, 3.63) is 29.7 Å². The summed E-state index contributed by atoms with van der Waals surface area (Å²) < 4.78 is 1.85. The van der Waals surface area contributed by atoms with E-state index in [1.807, 2.05) is 29.7 Å². The Kier molecular flexibility index (Phi) is 3.42. The second kappa shape index (κ2) is 5.23. The zero-order valence-corrected chi connectivity index (χ0v) is 12.0. The molecule has 0 unspecified atom stereocenters. The van der Waals surface area contributed by atoms with Crippen molar-refractivity contribution in [2.24, 2.45) is 5.92 Å². The molecule has 0 spiro atoms. The number of carbonyl (C=O) groups is 1. The summed E-state index contributed by atoms with van der Waals surface area (Å²) in [5.41, 5.74) is 1.23. The van der Waals surface area contributed by atoms with Crippen molar-refractivity contribution in [2.75, 3.05) is 0 Å². The van der Waals surface area contributed by atoms with Gasteiger partial charge in [0.1, 0.15) is 5.82 Å². The van der Waals surface area contributed by atoms with E-state index in [2.05, 4.69) is 22.4 Å². The van der Waals surface area contributed by atoms with Gasteiger partial charge in [-0.2, -0.15) is 0 Å². The molecule has 5 heteroatoms. The first-order valence-electron chi connectivity index (χ1n) is 7.26. The van der Waals surface area contributed by atoms with E-state index in [4.69, 9.17) is 0 Å². The maximum Gasteiger partial charge on any atom is 0.255 e. The number of amides is 1. The zero-order valence-electron chi connectivity index (χ0n) is 12.0. The molecule has 0 saturated heterocycles. The monoisotopic (exact) mass is 272 g/mol. The van der Waals surface area contributed by atoms with Gasteiger partial charge in [-0.3, -0.25) is 9.20 Å². The maximum absolute atomic E-state index is 12.4. The molecule has 0 aromatic carbocycles. The predicted octanol–water partition coefficient (Wildman–Crippen LogP) is 2.35. The van der Waals surface area contributed by atoms with Gasteiger partial charge in [-0.25, -0.2) is 0 Å². The van der Waals surface area contributed by atoms with Gasteiger partial charge in [0.25, 0.3) is 5.91 Å². The Labute approximate surface area is 118 Å². The average Bonchev–Trinajstić information content (AvgIpc) is 2.83. The van der Waals surface area contributed by atoms with Crippen LogP contribution in [0.25, 0.3) is 5.65 Å². The summed E-state index contributed by atoms with van der Waals surface area (Å²) in [7, 11) is 0. The molecule has 1 N–H and O–H groups in total. The molecule has 3 rings (SSSR count). The van der Waals surface area contributed by atoms with Crippen LogP contribution < -0.4 is 5.32 Å². The molecule has 20 heavy (non-hydrogen) atoms. The van der Waals surface area contributed by atoms with Gasteiger partial charge < -0.3 is 5.32 Å². The second-order valence-electron chi connectivity index (χ2n) is 5.79. The summed E-state index contributed by atoms with van der Waals surface area (Å²) in [4.78, 5) is 12.4. The summed E-state index contributed by atoms with van der Waals surface area (Å²) in [6.45, 7) is 4.15. The van der Waals surface area contributed by atoms with Crippen molar-refractivity contribution >= 4 is 11.6 Å². The Morgan fingerprint density at radius 3 is 2.80 bits per heavy atom. The molecule has 2 heterocycles. The number of carbonyl (C=O) groups excluding carboxylic acids is 1. The van der Waals surface area contributed by atoms with Crippen LogP contribution in [-0.4, -0.2) is 26.5 Å². The molecule has 5 nitrogen and oxygen atoms in total. The van der Waals surface area contributed by atoms with Crippen molar-refractivity contribution < 1.29 is 4.79 Å². The van der Waals surface area contributed by atoms with Gasteiger partial charge in [0.2, 0.25) is 0 Å². The second-order valence-corrected chi connectivity index (χ2v) is 5.79. The number of hydrogen-bond donors (Lipinski definition) is 1. The summed E-state index contributed by atoms with van der Waals surface area (Å²) in [6, 6.07) is 3.97. The van der Waals surface area contributed by atoms with E-state index in [1.54, 1.807) is 0 Å². The molecule has 1 saturated carbocycles. The first-order chi connectivity index (χ1) is 9.65. The Hall–Kier alpha value is -1.91. The molecule has 0 radical (unpaired) electrons. The van der Waals surface area contributed by atoms with E-state index in [-0.39, 0.29) is 5.91 Å². The van der Waals surface area contributed by atoms with Gasteiger partial charge in [0.05, 0.1) is 5.56 Å². The third kappa shape index (κ3) is 2.40. The van der Waals surface area contributed by atoms with Crippen LogP contribution in [0, 0.1) is 12.8 Å². The smallest absolute Gasteiger partial charge is 0.255 e.